The highest BCUT2D eigenvalue weighted by Gasteiger charge is 2.16. The number of fused-ring (bicyclic) bond motifs is 1. The van der Waals surface area contributed by atoms with Crippen LogP contribution >= 0.6 is 23.1 Å². The Kier molecular flexibility index (Phi) is 4.44. The molecule has 2 aromatic heterocycles. The molecule has 0 fully saturated rings. The van der Waals surface area contributed by atoms with Gasteiger partial charge in [0.15, 0.2) is 4.34 Å². The number of nitrogens with one attached hydrogen (secondary N) is 1. The SMILES string of the molecule is CC(Sc1nc2ccccc2s1)C(=O)NCc1ccnn1C. The van der Waals surface area contributed by atoms with Gasteiger partial charge in [-0.15, -0.1) is 11.3 Å². The molecule has 0 aliphatic heterocycles. The molecular weight excluding hydrogens is 316 g/mol. The lowest BCUT2D eigenvalue weighted by Gasteiger charge is -2.10. The van der Waals surface area contributed by atoms with Gasteiger partial charge < -0.3 is 5.32 Å². The fraction of sp³-hybridized carbons (Fsp3) is 0.267. The summed E-state index contributed by atoms with van der Waals surface area (Å²) in [4.78, 5) is 16.7. The van der Waals surface area contributed by atoms with Crippen LogP contribution in [0, 0.1) is 0 Å². The lowest BCUT2D eigenvalue weighted by molar-refractivity contribution is -0.120. The minimum atomic E-state index is -0.186. The van der Waals surface area contributed by atoms with Gasteiger partial charge in [0.1, 0.15) is 0 Å². The summed E-state index contributed by atoms with van der Waals surface area (Å²) >= 11 is 3.11. The van der Waals surface area contributed by atoms with Gasteiger partial charge >= 0.3 is 0 Å². The van der Waals surface area contributed by atoms with Gasteiger partial charge in [0, 0.05) is 13.2 Å². The van der Waals surface area contributed by atoms with E-state index in [1.54, 1.807) is 22.2 Å². The fourth-order valence-electron chi connectivity index (χ4n) is 2.00. The van der Waals surface area contributed by atoms with Gasteiger partial charge in [-0.05, 0) is 25.1 Å². The van der Waals surface area contributed by atoms with Gasteiger partial charge in [-0.25, -0.2) is 4.98 Å². The van der Waals surface area contributed by atoms with Gasteiger partial charge in [-0.2, -0.15) is 5.10 Å². The summed E-state index contributed by atoms with van der Waals surface area (Å²) < 4.78 is 3.82. The molecule has 5 nitrogen and oxygen atoms in total. The number of carbonyl (C=O) groups is 1. The predicted octanol–water partition coefficient (Wildman–Crippen LogP) is 2.83. The molecule has 7 heteroatoms. The zero-order chi connectivity index (χ0) is 15.5. The summed E-state index contributed by atoms with van der Waals surface area (Å²) in [6, 6.07) is 9.90. The third kappa shape index (κ3) is 3.31. The Morgan fingerprint density at radius 3 is 2.95 bits per heavy atom. The van der Waals surface area contributed by atoms with Crippen molar-refractivity contribution in [1.29, 1.82) is 0 Å². The van der Waals surface area contributed by atoms with Crippen LogP contribution in [0.5, 0.6) is 0 Å². The molecular formula is C15H16N4OS2. The van der Waals surface area contributed by atoms with Gasteiger partial charge in [0.05, 0.1) is 27.7 Å². The minimum absolute atomic E-state index is 0.00505. The number of thiazole rings is 1. The molecule has 0 radical (unpaired) electrons. The molecule has 0 bridgehead atoms. The molecule has 22 heavy (non-hydrogen) atoms. The first-order valence-electron chi connectivity index (χ1n) is 6.90. The van der Waals surface area contributed by atoms with Crippen LogP contribution in [-0.2, 0) is 18.4 Å². The molecule has 1 N–H and O–H groups in total. The van der Waals surface area contributed by atoms with Gasteiger partial charge in [0.2, 0.25) is 5.91 Å². The Morgan fingerprint density at radius 1 is 1.41 bits per heavy atom. The molecule has 0 spiro atoms. The van der Waals surface area contributed by atoms with Crippen molar-refractivity contribution >= 4 is 39.2 Å². The fourth-order valence-corrected chi connectivity index (χ4v) is 4.24. The zero-order valence-corrected chi connectivity index (χ0v) is 13.9. The van der Waals surface area contributed by atoms with E-state index in [9.17, 15) is 4.79 Å². The third-order valence-corrected chi connectivity index (χ3v) is 5.52. The highest BCUT2D eigenvalue weighted by molar-refractivity contribution is 8.02. The maximum atomic E-state index is 12.2. The third-order valence-electron chi connectivity index (χ3n) is 3.29. The van der Waals surface area contributed by atoms with Crippen molar-refractivity contribution in [2.24, 2.45) is 7.05 Å². The zero-order valence-electron chi connectivity index (χ0n) is 12.3. The Labute approximate surface area is 136 Å². The van der Waals surface area contributed by atoms with E-state index in [0.717, 1.165) is 20.3 Å². The second kappa shape index (κ2) is 6.50. The second-order valence-electron chi connectivity index (χ2n) is 4.87. The highest BCUT2D eigenvalue weighted by Crippen LogP contribution is 2.31. The van der Waals surface area contributed by atoms with Crippen molar-refractivity contribution in [3.63, 3.8) is 0 Å². The van der Waals surface area contributed by atoms with Crippen LogP contribution in [0.1, 0.15) is 12.6 Å². The van der Waals surface area contributed by atoms with Crippen LogP contribution in [0.4, 0.5) is 0 Å². The molecule has 114 valence electrons. The minimum Gasteiger partial charge on any atom is -0.349 e. The summed E-state index contributed by atoms with van der Waals surface area (Å²) in [5, 5.41) is 6.83. The number of rotatable bonds is 5. The van der Waals surface area contributed by atoms with E-state index in [1.165, 1.54) is 11.8 Å². The number of benzene rings is 1. The topological polar surface area (TPSA) is 59.8 Å². The number of hydrogen-bond donors (Lipinski definition) is 1. The highest BCUT2D eigenvalue weighted by atomic mass is 32.2. The van der Waals surface area contributed by atoms with E-state index in [-0.39, 0.29) is 11.2 Å². The normalized spacial score (nSPS) is 12.5. The Bertz CT molecular complexity index is 763. The molecule has 0 aliphatic rings. The maximum absolute atomic E-state index is 12.2. The van der Waals surface area contributed by atoms with Crippen LogP contribution in [0.3, 0.4) is 0 Å². The summed E-state index contributed by atoms with van der Waals surface area (Å²) in [5.74, 6) is 0.00505. The number of aryl methyl sites for hydroxylation is 1. The van der Waals surface area contributed by atoms with Crippen LogP contribution < -0.4 is 5.32 Å². The molecule has 0 saturated heterocycles. The number of para-hydroxylation sites is 1. The Morgan fingerprint density at radius 2 is 2.23 bits per heavy atom. The molecule has 2 heterocycles. The van der Waals surface area contributed by atoms with E-state index in [1.807, 2.05) is 44.3 Å². The first kappa shape index (κ1) is 15.1. The summed E-state index contributed by atoms with van der Waals surface area (Å²) in [5.41, 5.74) is 1.96. The molecule has 1 aromatic carbocycles. The molecule has 1 atom stereocenters. The van der Waals surface area contributed by atoms with E-state index in [2.05, 4.69) is 15.4 Å². The van der Waals surface area contributed by atoms with Gasteiger partial charge in [-0.1, -0.05) is 23.9 Å². The first-order valence-corrected chi connectivity index (χ1v) is 8.60. The summed E-state index contributed by atoms with van der Waals surface area (Å²) in [7, 11) is 1.86. The summed E-state index contributed by atoms with van der Waals surface area (Å²) in [6.07, 6.45) is 1.72. The van der Waals surface area contributed by atoms with Crippen molar-refractivity contribution in [3.05, 3.63) is 42.2 Å². The smallest absolute Gasteiger partial charge is 0.233 e. The molecule has 0 saturated carbocycles. The van der Waals surface area contributed by atoms with E-state index in [0.29, 0.717) is 6.54 Å². The average Bonchev–Trinajstić information content (AvgIpc) is 3.10. The lowest BCUT2D eigenvalue weighted by Crippen LogP contribution is -2.31. The summed E-state index contributed by atoms with van der Waals surface area (Å²) in [6.45, 7) is 2.38. The number of carbonyl (C=O) groups excluding carboxylic acids is 1. The number of nitrogens with zero attached hydrogens (tertiary/aromatic N) is 3. The number of hydrogen-bond acceptors (Lipinski definition) is 5. The Hall–Kier alpha value is -1.86. The standard InChI is InChI=1S/C15H16N4OS2/c1-10(14(20)16-9-11-7-8-17-19(11)2)21-15-18-12-5-3-4-6-13(12)22-15/h3-8,10H,9H2,1-2H3,(H,16,20). The van der Waals surface area contributed by atoms with Crippen molar-refractivity contribution in [2.45, 2.75) is 23.1 Å². The number of amides is 1. The molecule has 1 unspecified atom stereocenters. The maximum Gasteiger partial charge on any atom is 0.233 e. The predicted molar refractivity (Wildman–Crippen MR) is 90.0 cm³/mol. The van der Waals surface area contributed by atoms with Crippen LogP contribution in [0.15, 0.2) is 40.9 Å². The van der Waals surface area contributed by atoms with Gasteiger partial charge in [0.25, 0.3) is 0 Å². The van der Waals surface area contributed by atoms with Crippen LogP contribution in [0.2, 0.25) is 0 Å². The second-order valence-corrected chi connectivity index (χ2v) is 7.49. The average molecular weight is 332 g/mol. The van der Waals surface area contributed by atoms with Crippen molar-refractivity contribution in [3.8, 4) is 0 Å². The number of aromatic nitrogens is 3. The van der Waals surface area contributed by atoms with Crippen molar-refractivity contribution < 1.29 is 4.79 Å². The lowest BCUT2D eigenvalue weighted by atomic mass is 10.3. The van der Waals surface area contributed by atoms with Crippen molar-refractivity contribution in [1.82, 2.24) is 20.1 Å². The van der Waals surface area contributed by atoms with Crippen molar-refractivity contribution in [2.75, 3.05) is 0 Å². The van der Waals surface area contributed by atoms with E-state index < -0.39 is 0 Å². The monoisotopic (exact) mass is 332 g/mol. The molecule has 1 amide bonds. The van der Waals surface area contributed by atoms with Crippen LogP contribution in [-0.4, -0.2) is 25.9 Å². The molecule has 3 rings (SSSR count). The Balaban J connectivity index is 1.59. The first-order chi connectivity index (χ1) is 10.6. The molecule has 0 aliphatic carbocycles. The quantitative estimate of drug-likeness (QED) is 0.730. The van der Waals surface area contributed by atoms with E-state index in [4.69, 9.17) is 0 Å². The van der Waals surface area contributed by atoms with Gasteiger partial charge in [-0.3, -0.25) is 9.48 Å². The van der Waals surface area contributed by atoms with E-state index >= 15 is 0 Å². The number of thioether (sulfide) groups is 1. The van der Waals surface area contributed by atoms with Crippen LogP contribution in [0.25, 0.3) is 10.2 Å². The largest absolute Gasteiger partial charge is 0.349 e. The molecule has 3 aromatic rings.